The fraction of sp³-hybridized carbons (Fsp3) is 0.407. The molecule has 35 heavy (non-hydrogen) atoms. The summed E-state index contributed by atoms with van der Waals surface area (Å²) in [4.78, 5) is 17.8. The Hall–Kier alpha value is -3.29. The fourth-order valence-corrected chi connectivity index (χ4v) is 5.96. The van der Waals surface area contributed by atoms with E-state index in [0.717, 1.165) is 16.7 Å². The number of rotatable bonds is 3. The number of azo groups is 1. The number of Topliss-reactive ketones (excluding diaryl/α,β-unsaturated/α-hetero) is 1. The summed E-state index contributed by atoms with van der Waals surface area (Å²) in [6, 6.07) is 9.39. The number of aromatic nitrogens is 1. The zero-order chi connectivity index (χ0) is 25.2. The van der Waals surface area contributed by atoms with Crippen LogP contribution < -0.4 is 5.32 Å². The van der Waals surface area contributed by atoms with Gasteiger partial charge in [0, 0.05) is 35.7 Å². The molecule has 3 heterocycles. The average molecular weight is 481 g/mol. The SMILES string of the molecule is CC[C@]1(c2cccc(-c3ccncc3C)c2)C2=C(CC(C)(C)CC2=O)NC2N=NC(C(F)(F)F)=C21. The highest BCUT2D eigenvalue weighted by Gasteiger charge is 2.57. The number of benzene rings is 1. The number of alkyl halides is 3. The van der Waals surface area contributed by atoms with Crippen molar-refractivity contribution in [3.8, 4) is 11.1 Å². The molecule has 0 radical (unpaired) electrons. The first-order valence-electron chi connectivity index (χ1n) is 11.8. The smallest absolute Gasteiger partial charge is 0.362 e. The topological polar surface area (TPSA) is 66.7 Å². The highest BCUT2D eigenvalue weighted by atomic mass is 19.4. The minimum atomic E-state index is -4.69. The van der Waals surface area contributed by atoms with Gasteiger partial charge in [0.25, 0.3) is 0 Å². The third-order valence-electron chi connectivity index (χ3n) is 7.36. The molecule has 8 heteroatoms. The van der Waals surface area contributed by atoms with E-state index < -0.39 is 23.5 Å². The summed E-state index contributed by atoms with van der Waals surface area (Å²) in [5, 5.41) is 10.8. The van der Waals surface area contributed by atoms with Gasteiger partial charge in [-0.2, -0.15) is 18.3 Å². The van der Waals surface area contributed by atoms with Crippen LogP contribution in [0.3, 0.4) is 0 Å². The van der Waals surface area contributed by atoms with E-state index in [9.17, 15) is 18.0 Å². The average Bonchev–Trinajstić information content (AvgIpc) is 3.22. The first kappa shape index (κ1) is 23.5. The van der Waals surface area contributed by atoms with Crippen LogP contribution in [0.1, 0.15) is 51.2 Å². The summed E-state index contributed by atoms with van der Waals surface area (Å²) < 4.78 is 42.7. The van der Waals surface area contributed by atoms with Gasteiger partial charge >= 0.3 is 6.18 Å². The molecular weight excluding hydrogens is 453 g/mol. The van der Waals surface area contributed by atoms with Gasteiger partial charge in [-0.1, -0.05) is 39.0 Å². The van der Waals surface area contributed by atoms with Crippen molar-refractivity contribution in [3.63, 3.8) is 0 Å². The number of nitrogens with zero attached hydrogens (tertiary/aromatic N) is 3. The maximum absolute atomic E-state index is 14.2. The Kier molecular flexibility index (Phi) is 5.27. The third-order valence-corrected chi connectivity index (χ3v) is 7.36. The van der Waals surface area contributed by atoms with E-state index in [-0.39, 0.29) is 29.6 Å². The molecule has 0 spiro atoms. The number of hydrogen-bond acceptors (Lipinski definition) is 5. The number of ketones is 1. The Morgan fingerprint density at radius 2 is 1.94 bits per heavy atom. The van der Waals surface area contributed by atoms with Crippen LogP contribution in [0, 0.1) is 12.3 Å². The number of halogens is 3. The van der Waals surface area contributed by atoms with Crippen molar-refractivity contribution in [2.45, 2.75) is 64.7 Å². The number of pyridine rings is 1. The minimum absolute atomic E-state index is 0.0166. The van der Waals surface area contributed by atoms with Gasteiger partial charge < -0.3 is 5.32 Å². The number of carbonyl (C=O) groups is 1. The molecule has 2 aliphatic heterocycles. The molecule has 1 aliphatic carbocycles. The lowest BCUT2D eigenvalue weighted by atomic mass is 9.58. The molecule has 182 valence electrons. The normalized spacial score (nSPS) is 25.5. The molecule has 0 fully saturated rings. The molecule has 2 atom stereocenters. The maximum Gasteiger partial charge on any atom is 0.435 e. The van der Waals surface area contributed by atoms with E-state index in [1.54, 1.807) is 12.4 Å². The van der Waals surface area contributed by atoms with Crippen LogP contribution in [0.4, 0.5) is 13.2 Å². The summed E-state index contributed by atoms with van der Waals surface area (Å²) in [7, 11) is 0. The van der Waals surface area contributed by atoms with Crippen molar-refractivity contribution in [2.75, 3.05) is 0 Å². The predicted octanol–water partition coefficient (Wildman–Crippen LogP) is 6.56. The van der Waals surface area contributed by atoms with Gasteiger partial charge in [0.2, 0.25) is 0 Å². The van der Waals surface area contributed by atoms with Crippen molar-refractivity contribution in [1.29, 1.82) is 0 Å². The third kappa shape index (κ3) is 3.61. The number of carbonyl (C=O) groups excluding carboxylic acids is 1. The summed E-state index contributed by atoms with van der Waals surface area (Å²) in [5.74, 6) is -0.129. The monoisotopic (exact) mass is 480 g/mol. The van der Waals surface area contributed by atoms with E-state index in [1.165, 1.54) is 0 Å². The highest BCUT2D eigenvalue weighted by Crippen LogP contribution is 2.56. The summed E-state index contributed by atoms with van der Waals surface area (Å²) >= 11 is 0. The Bertz CT molecular complexity index is 1320. The molecule has 1 aromatic heterocycles. The number of allylic oxidation sites excluding steroid dienone is 3. The van der Waals surface area contributed by atoms with Gasteiger partial charge in [-0.15, -0.1) is 5.11 Å². The predicted molar refractivity (Wildman–Crippen MR) is 126 cm³/mol. The molecule has 1 N–H and O–H groups in total. The number of aryl methyl sites for hydroxylation is 1. The van der Waals surface area contributed by atoms with Crippen molar-refractivity contribution in [3.05, 3.63) is 76.4 Å². The Balaban J connectivity index is 1.83. The van der Waals surface area contributed by atoms with Crippen LogP contribution in [-0.2, 0) is 10.2 Å². The van der Waals surface area contributed by atoms with Crippen LogP contribution in [0.15, 0.2) is 75.5 Å². The van der Waals surface area contributed by atoms with Gasteiger partial charge in [0.1, 0.15) is 0 Å². The van der Waals surface area contributed by atoms with Crippen molar-refractivity contribution in [2.24, 2.45) is 15.6 Å². The number of hydrogen-bond donors (Lipinski definition) is 1. The van der Waals surface area contributed by atoms with Gasteiger partial charge in [-0.25, -0.2) is 0 Å². The van der Waals surface area contributed by atoms with E-state index in [1.807, 2.05) is 58.0 Å². The molecule has 3 aliphatic rings. The molecule has 1 unspecified atom stereocenters. The molecule has 0 bridgehead atoms. The van der Waals surface area contributed by atoms with Crippen molar-refractivity contribution >= 4 is 5.78 Å². The van der Waals surface area contributed by atoms with Crippen LogP contribution in [0.2, 0.25) is 0 Å². The maximum atomic E-state index is 14.2. The van der Waals surface area contributed by atoms with Crippen molar-refractivity contribution in [1.82, 2.24) is 10.3 Å². The summed E-state index contributed by atoms with van der Waals surface area (Å²) in [5.41, 5.74) is 1.91. The van der Waals surface area contributed by atoms with Crippen LogP contribution in [-0.4, -0.2) is 23.1 Å². The lowest BCUT2D eigenvalue weighted by molar-refractivity contribution is -0.119. The molecule has 0 amide bonds. The molecule has 5 rings (SSSR count). The van der Waals surface area contributed by atoms with E-state index in [0.29, 0.717) is 23.3 Å². The van der Waals surface area contributed by atoms with E-state index >= 15 is 0 Å². The molecule has 2 aromatic rings. The molecular formula is C27H27F3N4O. The quantitative estimate of drug-likeness (QED) is 0.541. The van der Waals surface area contributed by atoms with E-state index in [2.05, 4.69) is 20.5 Å². The first-order chi connectivity index (χ1) is 16.5. The fourth-order valence-electron chi connectivity index (χ4n) is 5.96. The summed E-state index contributed by atoms with van der Waals surface area (Å²) in [6.07, 6.45) is -1.11. The molecule has 0 saturated heterocycles. The number of fused-ring (bicyclic) bond motifs is 1. The largest absolute Gasteiger partial charge is 0.435 e. The lowest BCUT2D eigenvalue weighted by Gasteiger charge is -2.48. The highest BCUT2D eigenvalue weighted by molar-refractivity contribution is 6.01. The van der Waals surface area contributed by atoms with Gasteiger partial charge in [0.15, 0.2) is 17.6 Å². The molecule has 5 nitrogen and oxygen atoms in total. The lowest BCUT2D eigenvalue weighted by Crippen LogP contribution is -2.52. The Morgan fingerprint density at radius 3 is 2.63 bits per heavy atom. The van der Waals surface area contributed by atoms with Crippen LogP contribution in [0.5, 0.6) is 0 Å². The van der Waals surface area contributed by atoms with E-state index in [4.69, 9.17) is 0 Å². The number of nitrogens with one attached hydrogen (secondary N) is 1. The first-order valence-corrected chi connectivity index (χ1v) is 11.8. The van der Waals surface area contributed by atoms with Gasteiger partial charge in [-0.05, 0) is 59.6 Å². The standard InChI is InChI=1S/C27H27F3N4O/c1-5-26(17-8-6-7-16(11-17)18-9-10-31-14-15(18)2)21-19(12-25(3,4)13-20(21)35)32-24-22(26)23(33-34-24)27(28,29)30/h6-11,14,24,32H,5,12-13H2,1-4H3/t24?,26-/m0/s1. The summed E-state index contributed by atoms with van der Waals surface area (Å²) in [6.45, 7) is 7.78. The van der Waals surface area contributed by atoms with Crippen LogP contribution in [0.25, 0.3) is 11.1 Å². The van der Waals surface area contributed by atoms with Crippen molar-refractivity contribution < 1.29 is 18.0 Å². The van der Waals surface area contributed by atoms with Gasteiger partial charge in [0.05, 0.1) is 5.41 Å². The second kappa shape index (κ2) is 7.86. The van der Waals surface area contributed by atoms with Crippen LogP contribution >= 0.6 is 0 Å². The molecule has 0 saturated carbocycles. The molecule has 1 aromatic carbocycles. The Labute approximate surface area is 202 Å². The second-order valence-electron chi connectivity index (χ2n) is 10.3. The minimum Gasteiger partial charge on any atom is -0.362 e. The second-order valence-corrected chi connectivity index (χ2v) is 10.3. The Morgan fingerprint density at radius 1 is 1.17 bits per heavy atom. The zero-order valence-electron chi connectivity index (χ0n) is 20.1. The zero-order valence-corrected chi connectivity index (χ0v) is 20.1. The van der Waals surface area contributed by atoms with Gasteiger partial charge in [-0.3, -0.25) is 9.78 Å².